The summed E-state index contributed by atoms with van der Waals surface area (Å²) in [6.45, 7) is 6.75. The molecule has 0 radical (unpaired) electrons. The number of esters is 3. The van der Waals surface area contributed by atoms with Crippen LogP contribution in [0, 0.1) is 0 Å². The van der Waals surface area contributed by atoms with E-state index in [0.29, 0.717) is 25.7 Å². The van der Waals surface area contributed by atoms with Gasteiger partial charge in [0.05, 0.1) is 11.5 Å². The van der Waals surface area contributed by atoms with Gasteiger partial charge in [0, 0.05) is 13.3 Å². The lowest BCUT2D eigenvalue weighted by molar-refractivity contribution is -0.396. The maximum absolute atomic E-state index is 12.0. The molecule has 0 aromatic carbocycles. The molecule has 2 aliphatic heterocycles. The second kappa shape index (κ2) is 7.85. The van der Waals surface area contributed by atoms with Crippen LogP contribution in [0.25, 0.3) is 0 Å². The Bertz CT molecular complexity index is 710. The van der Waals surface area contributed by atoms with E-state index in [1.165, 1.54) is 19.9 Å². The third kappa shape index (κ3) is 4.69. The highest BCUT2D eigenvalue weighted by Gasteiger charge is 2.41. The molecule has 0 amide bonds. The summed E-state index contributed by atoms with van der Waals surface area (Å²) in [6, 6.07) is 0. The minimum atomic E-state index is -1.29. The van der Waals surface area contributed by atoms with Crippen molar-refractivity contribution in [1.29, 1.82) is 0 Å². The molecule has 148 valence electrons. The van der Waals surface area contributed by atoms with Crippen LogP contribution >= 0.6 is 0 Å². The number of hydrogen-bond acceptors (Lipinski definition) is 8. The zero-order chi connectivity index (χ0) is 20.2. The lowest BCUT2D eigenvalue weighted by Crippen LogP contribution is -2.44. The summed E-state index contributed by atoms with van der Waals surface area (Å²) in [5.74, 6) is -5.91. The summed E-state index contributed by atoms with van der Waals surface area (Å²) in [7, 11) is 0. The molecule has 1 saturated heterocycles. The Kier molecular flexibility index (Phi) is 5.98. The SMILES string of the molecule is CCCC1(C)OC(=O)C(=CC=CC2=C([O-])OC(C)(CCC)OC2=O)C(=O)O1. The van der Waals surface area contributed by atoms with Crippen molar-refractivity contribution in [2.24, 2.45) is 0 Å². The van der Waals surface area contributed by atoms with Gasteiger partial charge in [-0.05, 0) is 31.9 Å². The largest absolute Gasteiger partial charge is 0.574 e. The Balaban J connectivity index is 2.15. The topological polar surface area (TPSA) is 111 Å². The van der Waals surface area contributed by atoms with Crippen LogP contribution in [0.3, 0.4) is 0 Å². The van der Waals surface area contributed by atoms with Gasteiger partial charge in [0.15, 0.2) is 5.79 Å². The fourth-order valence-electron chi connectivity index (χ4n) is 2.84. The van der Waals surface area contributed by atoms with Crippen LogP contribution in [0.1, 0.15) is 53.4 Å². The van der Waals surface area contributed by atoms with Crippen LogP contribution < -0.4 is 5.11 Å². The standard InChI is InChI=1S/C19H24O8/c1-5-10-18(3)24-14(20)12(15(21)25-18)8-7-9-13-16(22)26-19(4,11-6-2)27-17(13)23/h7-9,20H,5-6,10-11H2,1-4H3/p-1. The molecule has 0 N–H and O–H groups in total. The van der Waals surface area contributed by atoms with Gasteiger partial charge in [-0.15, -0.1) is 0 Å². The average Bonchev–Trinajstić information content (AvgIpc) is 2.51. The maximum Gasteiger partial charge on any atom is 0.348 e. The highest BCUT2D eigenvalue weighted by Crippen LogP contribution is 2.30. The molecule has 8 nitrogen and oxygen atoms in total. The number of rotatable bonds is 6. The predicted molar refractivity (Wildman–Crippen MR) is 90.2 cm³/mol. The van der Waals surface area contributed by atoms with Crippen molar-refractivity contribution in [3.63, 3.8) is 0 Å². The first kappa shape index (κ1) is 20.5. The predicted octanol–water partition coefficient (Wildman–Crippen LogP) is 1.75. The molecule has 2 aliphatic rings. The van der Waals surface area contributed by atoms with E-state index in [1.807, 2.05) is 13.8 Å². The molecule has 2 heterocycles. The number of carbonyl (C=O) groups is 3. The van der Waals surface area contributed by atoms with Crippen LogP contribution in [0.4, 0.5) is 0 Å². The average molecular weight is 379 g/mol. The monoisotopic (exact) mass is 379 g/mol. The number of carbonyl (C=O) groups excluding carboxylic acids is 3. The van der Waals surface area contributed by atoms with E-state index in [-0.39, 0.29) is 11.1 Å². The van der Waals surface area contributed by atoms with Crippen LogP contribution in [-0.4, -0.2) is 29.5 Å². The summed E-state index contributed by atoms with van der Waals surface area (Å²) in [5, 5.41) is 12.0. The first-order valence-electron chi connectivity index (χ1n) is 8.81. The normalized spacial score (nSPS) is 28.6. The zero-order valence-electron chi connectivity index (χ0n) is 15.8. The number of allylic oxidation sites excluding steroid dienone is 2. The van der Waals surface area contributed by atoms with Gasteiger partial charge in [0.25, 0.3) is 5.79 Å². The fraction of sp³-hybridized carbons (Fsp3) is 0.526. The Morgan fingerprint density at radius 3 is 1.81 bits per heavy atom. The number of hydrogen-bond donors (Lipinski definition) is 0. The molecule has 0 aromatic heterocycles. The van der Waals surface area contributed by atoms with Gasteiger partial charge in [0.1, 0.15) is 5.57 Å². The van der Waals surface area contributed by atoms with Crippen molar-refractivity contribution in [2.45, 2.75) is 65.0 Å². The first-order chi connectivity index (χ1) is 12.6. The zero-order valence-corrected chi connectivity index (χ0v) is 15.8. The first-order valence-corrected chi connectivity index (χ1v) is 8.81. The van der Waals surface area contributed by atoms with Crippen molar-refractivity contribution in [2.75, 3.05) is 0 Å². The van der Waals surface area contributed by atoms with E-state index >= 15 is 0 Å². The van der Waals surface area contributed by atoms with Crippen LogP contribution in [0.15, 0.2) is 35.3 Å². The molecule has 0 bridgehead atoms. The Morgan fingerprint density at radius 2 is 1.33 bits per heavy atom. The van der Waals surface area contributed by atoms with E-state index in [2.05, 4.69) is 0 Å². The van der Waals surface area contributed by atoms with E-state index in [0.717, 1.165) is 12.2 Å². The van der Waals surface area contributed by atoms with Crippen molar-refractivity contribution in [1.82, 2.24) is 0 Å². The van der Waals surface area contributed by atoms with Crippen molar-refractivity contribution < 1.29 is 38.4 Å². The van der Waals surface area contributed by atoms with E-state index in [4.69, 9.17) is 18.9 Å². The van der Waals surface area contributed by atoms with Crippen molar-refractivity contribution in [3.8, 4) is 0 Å². The summed E-state index contributed by atoms with van der Waals surface area (Å²) < 4.78 is 20.6. The van der Waals surface area contributed by atoms with Crippen molar-refractivity contribution >= 4 is 17.9 Å². The summed E-state index contributed by atoms with van der Waals surface area (Å²) in [5.41, 5.74) is -0.678. The molecular weight excluding hydrogens is 356 g/mol. The second-order valence-corrected chi connectivity index (χ2v) is 6.68. The lowest BCUT2D eigenvalue weighted by atomic mass is 10.1. The Morgan fingerprint density at radius 1 is 0.852 bits per heavy atom. The van der Waals surface area contributed by atoms with Crippen LogP contribution in [0.5, 0.6) is 0 Å². The van der Waals surface area contributed by atoms with E-state index in [9.17, 15) is 19.5 Å². The smallest absolute Gasteiger partial charge is 0.348 e. The summed E-state index contributed by atoms with van der Waals surface area (Å²) in [6.07, 6.45) is 5.50. The van der Waals surface area contributed by atoms with Gasteiger partial charge in [-0.2, -0.15) is 0 Å². The number of cyclic esters (lactones) is 3. The van der Waals surface area contributed by atoms with E-state index in [1.54, 1.807) is 0 Å². The quantitative estimate of drug-likeness (QED) is 0.390. The summed E-state index contributed by atoms with van der Waals surface area (Å²) in [4.78, 5) is 36.1. The van der Waals surface area contributed by atoms with Gasteiger partial charge in [-0.1, -0.05) is 26.3 Å². The number of ether oxygens (including phenoxy) is 4. The van der Waals surface area contributed by atoms with Crippen LogP contribution in [-0.2, 0) is 33.3 Å². The Labute approximate surface area is 157 Å². The van der Waals surface area contributed by atoms with Crippen molar-refractivity contribution in [3.05, 3.63) is 35.3 Å². The summed E-state index contributed by atoms with van der Waals surface area (Å²) >= 11 is 0. The lowest BCUT2D eigenvalue weighted by Gasteiger charge is -2.41. The molecule has 8 heteroatoms. The second-order valence-electron chi connectivity index (χ2n) is 6.68. The van der Waals surface area contributed by atoms with Gasteiger partial charge >= 0.3 is 17.9 Å². The molecule has 0 spiro atoms. The molecule has 1 fully saturated rings. The van der Waals surface area contributed by atoms with Gasteiger partial charge in [-0.3, -0.25) is 0 Å². The van der Waals surface area contributed by atoms with Gasteiger partial charge in [0.2, 0.25) is 0 Å². The van der Waals surface area contributed by atoms with Gasteiger partial charge in [-0.25, -0.2) is 14.4 Å². The highest BCUT2D eigenvalue weighted by molar-refractivity contribution is 6.15. The molecule has 0 saturated carbocycles. The Hall–Kier alpha value is -2.77. The maximum atomic E-state index is 12.0. The minimum absolute atomic E-state index is 0.339. The molecule has 27 heavy (non-hydrogen) atoms. The van der Waals surface area contributed by atoms with Gasteiger partial charge < -0.3 is 24.1 Å². The molecule has 0 aliphatic carbocycles. The fourth-order valence-corrected chi connectivity index (χ4v) is 2.84. The molecule has 1 atom stereocenters. The third-order valence-corrected chi connectivity index (χ3v) is 4.05. The third-order valence-electron chi connectivity index (χ3n) is 4.05. The molecule has 0 aromatic rings. The van der Waals surface area contributed by atoms with E-state index < -0.39 is 35.4 Å². The highest BCUT2D eigenvalue weighted by atomic mass is 16.8. The molecule has 2 rings (SSSR count). The molecular formula is C19H23O8-. The van der Waals surface area contributed by atoms with Crippen LogP contribution in [0.2, 0.25) is 0 Å². The minimum Gasteiger partial charge on any atom is -0.574 e. The molecule has 1 unspecified atom stereocenters.